The van der Waals surface area contributed by atoms with Gasteiger partial charge in [0.15, 0.2) is 11.0 Å². The molecule has 0 aromatic carbocycles. The van der Waals surface area contributed by atoms with Crippen LogP contribution in [0.3, 0.4) is 0 Å². The van der Waals surface area contributed by atoms with E-state index in [0.717, 1.165) is 35.1 Å². The third-order valence-corrected chi connectivity index (χ3v) is 5.84. The standard InChI is InChI=1S/C20H23N5O2S/c26-18(22-13-17-9-5-11-27-17)14-28-20-24-23-19(15-6-4-10-21-12-15)25(20)16-7-2-1-3-8-16/h4-6,9-12,16H,1-3,7-8,13-14H2,(H,22,26). The fourth-order valence-corrected chi connectivity index (χ4v) is 4.35. The van der Waals surface area contributed by atoms with E-state index in [4.69, 9.17) is 4.42 Å². The maximum Gasteiger partial charge on any atom is 0.230 e. The lowest BCUT2D eigenvalue weighted by molar-refractivity contribution is -0.118. The Kier molecular flexibility index (Phi) is 6.06. The Morgan fingerprint density at radius 1 is 1.21 bits per heavy atom. The van der Waals surface area contributed by atoms with Crippen molar-refractivity contribution < 1.29 is 9.21 Å². The molecule has 28 heavy (non-hydrogen) atoms. The molecule has 1 aliphatic rings. The van der Waals surface area contributed by atoms with Gasteiger partial charge in [0.1, 0.15) is 5.76 Å². The summed E-state index contributed by atoms with van der Waals surface area (Å²) in [6, 6.07) is 7.92. The molecule has 0 saturated heterocycles. The Balaban J connectivity index is 1.48. The minimum absolute atomic E-state index is 0.0532. The minimum atomic E-state index is -0.0532. The van der Waals surface area contributed by atoms with Crippen LogP contribution in [0.5, 0.6) is 0 Å². The van der Waals surface area contributed by atoms with Crippen molar-refractivity contribution in [3.8, 4) is 11.4 Å². The number of thioether (sulfide) groups is 1. The first kappa shape index (κ1) is 18.7. The number of rotatable bonds is 7. The van der Waals surface area contributed by atoms with Gasteiger partial charge < -0.3 is 9.73 Å². The van der Waals surface area contributed by atoms with Crippen molar-refractivity contribution in [3.63, 3.8) is 0 Å². The normalized spacial score (nSPS) is 14.9. The predicted octanol–water partition coefficient (Wildman–Crippen LogP) is 3.85. The van der Waals surface area contributed by atoms with Gasteiger partial charge in [-0.3, -0.25) is 14.3 Å². The highest BCUT2D eigenvalue weighted by molar-refractivity contribution is 7.99. The summed E-state index contributed by atoms with van der Waals surface area (Å²) in [6.07, 6.45) is 11.1. The molecule has 1 N–H and O–H groups in total. The summed E-state index contributed by atoms with van der Waals surface area (Å²) in [5.41, 5.74) is 0.953. The molecule has 0 spiro atoms. The molecule has 0 atom stereocenters. The molecule has 1 saturated carbocycles. The van der Waals surface area contributed by atoms with Crippen LogP contribution in [0.15, 0.2) is 52.5 Å². The highest BCUT2D eigenvalue weighted by Crippen LogP contribution is 2.35. The highest BCUT2D eigenvalue weighted by atomic mass is 32.2. The Morgan fingerprint density at radius 3 is 2.86 bits per heavy atom. The average Bonchev–Trinajstić information content (AvgIpc) is 3.42. The third-order valence-electron chi connectivity index (χ3n) is 4.90. The van der Waals surface area contributed by atoms with Gasteiger partial charge in [0.05, 0.1) is 18.6 Å². The van der Waals surface area contributed by atoms with Crippen LogP contribution in [-0.2, 0) is 11.3 Å². The number of nitrogens with one attached hydrogen (secondary N) is 1. The second kappa shape index (κ2) is 9.05. The summed E-state index contributed by atoms with van der Waals surface area (Å²) in [5, 5.41) is 12.5. The molecular formula is C20H23N5O2S. The third kappa shape index (κ3) is 4.44. The summed E-state index contributed by atoms with van der Waals surface area (Å²) in [5.74, 6) is 1.81. The van der Waals surface area contributed by atoms with E-state index in [0.29, 0.717) is 18.3 Å². The summed E-state index contributed by atoms with van der Waals surface area (Å²) >= 11 is 1.43. The first-order chi connectivity index (χ1) is 13.8. The summed E-state index contributed by atoms with van der Waals surface area (Å²) in [7, 11) is 0. The number of carbonyl (C=O) groups excluding carboxylic acids is 1. The lowest BCUT2D eigenvalue weighted by Crippen LogP contribution is -2.24. The van der Waals surface area contributed by atoms with Gasteiger partial charge >= 0.3 is 0 Å². The largest absolute Gasteiger partial charge is 0.467 e. The highest BCUT2D eigenvalue weighted by Gasteiger charge is 2.24. The Morgan fingerprint density at radius 2 is 2.11 bits per heavy atom. The van der Waals surface area contributed by atoms with E-state index in [2.05, 4.69) is 25.1 Å². The van der Waals surface area contributed by atoms with Crippen LogP contribution in [0, 0.1) is 0 Å². The summed E-state index contributed by atoms with van der Waals surface area (Å²) in [6.45, 7) is 0.392. The quantitative estimate of drug-likeness (QED) is 0.610. The molecule has 146 valence electrons. The van der Waals surface area contributed by atoms with Crippen molar-refractivity contribution >= 4 is 17.7 Å². The van der Waals surface area contributed by atoms with Crippen molar-refractivity contribution in [2.24, 2.45) is 0 Å². The molecule has 3 heterocycles. The SMILES string of the molecule is O=C(CSc1nnc(-c2cccnc2)n1C1CCCCC1)NCc1ccco1. The van der Waals surface area contributed by atoms with Gasteiger partial charge in [-0.25, -0.2) is 0 Å². The smallest absolute Gasteiger partial charge is 0.230 e. The van der Waals surface area contributed by atoms with Gasteiger partial charge in [0.2, 0.25) is 5.91 Å². The lowest BCUT2D eigenvalue weighted by Gasteiger charge is -2.25. The molecule has 7 nitrogen and oxygen atoms in total. The molecule has 0 radical (unpaired) electrons. The van der Waals surface area contributed by atoms with Crippen LogP contribution in [0.25, 0.3) is 11.4 Å². The summed E-state index contributed by atoms with van der Waals surface area (Å²) in [4.78, 5) is 16.5. The molecule has 1 fully saturated rings. The Bertz CT molecular complexity index is 889. The molecule has 3 aromatic rings. The van der Waals surface area contributed by atoms with Crippen molar-refractivity contribution in [1.29, 1.82) is 0 Å². The number of carbonyl (C=O) groups is 1. The molecule has 4 rings (SSSR count). The van der Waals surface area contributed by atoms with E-state index >= 15 is 0 Å². The molecular weight excluding hydrogens is 374 g/mol. The van der Waals surface area contributed by atoms with E-state index in [1.54, 1.807) is 12.5 Å². The van der Waals surface area contributed by atoms with Crippen LogP contribution >= 0.6 is 11.8 Å². The number of amides is 1. The van der Waals surface area contributed by atoms with Crippen molar-refractivity contribution in [1.82, 2.24) is 25.1 Å². The van der Waals surface area contributed by atoms with Gasteiger partial charge in [0, 0.05) is 24.0 Å². The average molecular weight is 398 g/mol. The van der Waals surface area contributed by atoms with Crippen molar-refractivity contribution in [3.05, 3.63) is 48.7 Å². The van der Waals surface area contributed by atoms with Crippen LogP contribution in [0.2, 0.25) is 0 Å². The van der Waals surface area contributed by atoms with E-state index in [9.17, 15) is 4.79 Å². The fraction of sp³-hybridized carbons (Fsp3) is 0.400. The maximum absolute atomic E-state index is 12.2. The van der Waals surface area contributed by atoms with Crippen LogP contribution in [-0.4, -0.2) is 31.4 Å². The number of hydrogen-bond donors (Lipinski definition) is 1. The Labute approximate surface area is 167 Å². The first-order valence-corrected chi connectivity index (χ1v) is 10.6. The zero-order valence-corrected chi connectivity index (χ0v) is 16.4. The van der Waals surface area contributed by atoms with Crippen molar-refractivity contribution in [2.45, 2.75) is 49.8 Å². The fourth-order valence-electron chi connectivity index (χ4n) is 3.52. The van der Waals surface area contributed by atoms with E-state index in [-0.39, 0.29) is 5.91 Å². The monoisotopic (exact) mass is 397 g/mol. The van der Waals surface area contributed by atoms with E-state index in [1.165, 1.54) is 31.0 Å². The number of furan rings is 1. The number of aromatic nitrogens is 4. The molecule has 8 heteroatoms. The van der Waals surface area contributed by atoms with Gasteiger partial charge in [0.25, 0.3) is 0 Å². The van der Waals surface area contributed by atoms with E-state index < -0.39 is 0 Å². The second-order valence-electron chi connectivity index (χ2n) is 6.85. The number of pyridine rings is 1. The van der Waals surface area contributed by atoms with Crippen LogP contribution in [0.1, 0.15) is 43.9 Å². The van der Waals surface area contributed by atoms with Gasteiger partial charge in [-0.05, 0) is 37.1 Å². The molecule has 0 unspecified atom stereocenters. The second-order valence-corrected chi connectivity index (χ2v) is 7.80. The Hall–Kier alpha value is -2.61. The topological polar surface area (TPSA) is 85.8 Å². The summed E-state index contributed by atoms with van der Waals surface area (Å²) < 4.78 is 7.45. The zero-order valence-electron chi connectivity index (χ0n) is 15.6. The zero-order chi connectivity index (χ0) is 19.2. The number of hydrogen-bond acceptors (Lipinski definition) is 6. The van der Waals surface area contributed by atoms with Gasteiger partial charge in [-0.2, -0.15) is 0 Å². The minimum Gasteiger partial charge on any atom is -0.467 e. The molecule has 3 aromatic heterocycles. The van der Waals surface area contributed by atoms with E-state index in [1.807, 2.05) is 30.5 Å². The number of nitrogens with zero attached hydrogens (tertiary/aromatic N) is 4. The van der Waals surface area contributed by atoms with Gasteiger partial charge in [-0.1, -0.05) is 31.0 Å². The molecule has 1 amide bonds. The molecule has 0 aliphatic heterocycles. The van der Waals surface area contributed by atoms with Crippen molar-refractivity contribution in [2.75, 3.05) is 5.75 Å². The van der Waals surface area contributed by atoms with Crippen LogP contribution in [0.4, 0.5) is 0 Å². The first-order valence-electron chi connectivity index (χ1n) is 9.58. The molecule has 0 bridgehead atoms. The molecule has 1 aliphatic carbocycles. The predicted molar refractivity (Wildman–Crippen MR) is 107 cm³/mol. The maximum atomic E-state index is 12.2. The van der Waals surface area contributed by atoms with Gasteiger partial charge in [-0.15, -0.1) is 10.2 Å². The van der Waals surface area contributed by atoms with Crippen LogP contribution < -0.4 is 5.32 Å². The lowest BCUT2D eigenvalue weighted by atomic mass is 9.95.